The molecule has 9 heteroatoms. The van der Waals surface area contributed by atoms with Crippen LogP contribution in [0, 0.1) is 12.8 Å². The molecule has 1 aromatic carbocycles. The fraction of sp³-hybridized carbons (Fsp3) is 0.444. The lowest BCUT2D eigenvalue weighted by Gasteiger charge is -2.31. The zero-order valence-corrected chi connectivity index (χ0v) is 15.2. The van der Waals surface area contributed by atoms with Crippen molar-refractivity contribution in [3.63, 3.8) is 0 Å². The van der Waals surface area contributed by atoms with Gasteiger partial charge in [-0.05, 0) is 50.3 Å². The van der Waals surface area contributed by atoms with Crippen LogP contribution in [0.2, 0.25) is 0 Å². The van der Waals surface area contributed by atoms with E-state index in [1.807, 2.05) is 31.2 Å². The van der Waals surface area contributed by atoms with Gasteiger partial charge in [0, 0.05) is 6.54 Å². The van der Waals surface area contributed by atoms with E-state index in [0.29, 0.717) is 5.69 Å². The second-order valence-corrected chi connectivity index (χ2v) is 7.44. The highest BCUT2D eigenvalue weighted by Crippen LogP contribution is 2.41. The first-order valence-corrected chi connectivity index (χ1v) is 8.91. The van der Waals surface area contributed by atoms with E-state index in [9.17, 15) is 14.7 Å². The molecule has 0 spiro atoms. The molecule has 2 fully saturated rings. The minimum Gasteiger partial charge on any atom is -0.370 e. The molecule has 0 radical (unpaired) electrons. The number of carbonyl (C=O) groups excluding carboxylic acids is 2. The number of nitrogens with one attached hydrogen (secondary N) is 3. The number of carbonyl (C=O) groups is 2. The molecule has 1 aromatic heterocycles. The maximum atomic E-state index is 12.3. The monoisotopic (exact) mass is 370 g/mol. The van der Waals surface area contributed by atoms with Crippen molar-refractivity contribution < 1.29 is 14.7 Å². The minimum atomic E-state index is -1.52. The van der Waals surface area contributed by atoms with E-state index in [2.05, 4.69) is 26.1 Å². The number of aromatic nitrogens is 3. The Kier molecular flexibility index (Phi) is 4.01. The zero-order valence-electron chi connectivity index (χ0n) is 15.2. The Morgan fingerprint density at radius 1 is 1.41 bits per heavy atom. The molecule has 1 saturated heterocycles. The van der Waals surface area contributed by atoms with Crippen LogP contribution in [0.15, 0.2) is 30.5 Å². The van der Waals surface area contributed by atoms with Crippen molar-refractivity contribution in [3.8, 4) is 5.69 Å². The summed E-state index contributed by atoms with van der Waals surface area (Å²) in [6.07, 6.45) is 3.20. The minimum absolute atomic E-state index is 0.0650. The molecule has 4 N–H and O–H groups in total. The van der Waals surface area contributed by atoms with Crippen LogP contribution in [0.25, 0.3) is 5.69 Å². The van der Waals surface area contributed by atoms with Gasteiger partial charge in [-0.15, -0.1) is 5.10 Å². The second-order valence-electron chi connectivity index (χ2n) is 7.44. The van der Waals surface area contributed by atoms with Gasteiger partial charge in [-0.1, -0.05) is 12.1 Å². The number of imide groups is 1. The van der Waals surface area contributed by atoms with Gasteiger partial charge < -0.3 is 10.4 Å². The Labute approximate surface area is 156 Å². The number of rotatable bonds is 6. The van der Waals surface area contributed by atoms with Crippen molar-refractivity contribution >= 4 is 11.9 Å². The van der Waals surface area contributed by atoms with Gasteiger partial charge in [0.2, 0.25) is 0 Å². The third kappa shape index (κ3) is 3.19. The summed E-state index contributed by atoms with van der Waals surface area (Å²) in [5, 5.41) is 27.4. The highest BCUT2D eigenvalue weighted by molar-refractivity contribution is 6.07. The van der Waals surface area contributed by atoms with Crippen LogP contribution in [0.3, 0.4) is 0 Å². The molecule has 1 aliphatic carbocycles. The first kappa shape index (κ1) is 17.6. The van der Waals surface area contributed by atoms with E-state index in [0.717, 1.165) is 24.1 Å². The number of hydrogen-bond acceptors (Lipinski definition) is 6. The lowest BCUT2D eigenvalue weighted by molar-refractivity contribution is -0.125. The smallest absolute Gasteiger partial charge is 0.322 e. The molecule has 0 bridgehead atoms. The van der Waals surface area contributed by atoms with Gasteiger partial charge in [-0.25, -0.2) is 4.79 Å². The van der Waals surface area contributed by atoms with E-state index >= 15 is 0 Å². The highest BCUT2D eigenvalue weighted by Gasteiger charge is 2.56. The van der Waals surface area contributed by atoms with Crippen LogP contribution < -0.4 is 16.0 Å². The molecule has 2 heterocycles. The number of benzene rings is 1. The molecule has 2 atom stereocenters. The van der Waals surface area contributed by atoms with Crippen LogP contribution in [-0.2, 0) is 10.5 Å². The number of urea groups is 1. The van der Waals surface area contributed by atoms with Crippen molar-refractivity contribution in [2.75, 3.05) is 6.54 Å². The third-order valence-electron chi connectivity index (χ3n) is 5.18. The average Bonchev–Trinajstić information content (AvgIpc) is 3.26. The molecule has 1 saturated carbocycles. The van der Waals surface area contributed by atoms with Crippen molar-refractivity contribution in [1.82, 2.24) is 30.9 Å². The molecule has 9 nitrogen and oxygen atoms in total. The van der Waals surface area contributed by atoms with E-state index in [-0.39, 0.29) is 18.4 Å². The number of aliphatic hydroxyl groups is 1. The molecular formula is C18H22N6O3. The topological polar surface area (TPSA) is 121 Å². The molecule has 2 aromatic rings. The van der Waals surface area contributed by atoms with Crippen LogP contribution in [0.4, 0.5) is 4.79 Å². The first-order chi connectivity index (χ1) is 12.8. The van der Waals surface area contributed by atoms with Gasteiger partial charge >= 0.3 is 6.03 Å². The molecule has 142 valence electrons. The number of aryl methyl sites for hydroxylation is 1. The van der Waals surface area contributed by atoms with Crippen LogP contribution in [-0.4, -0.2) is 44.1 Å². The standard InChI is InChI=1S/C18H22N6O3/c1-11-4-3-5-13(8-11)24-20-9-14(23-24)17(2,27)19-10-18(12-6-7-12)15(25)21-16(26)22-18/h3-5,8-9,12,19,27H,6-7,10H2,1-2H3,(H2,21,22,25,26)/t17?,18-/m0/s1. The van der Waals surface area contributed by atoms with Crippen molar-refractivity contribution in [3.05, 3.63) is 41.7 Å². The zero-order chi connectivity index (χ0) is 19.2. The van der Waals surface area contributed by atoms with E-state index in [1.54, 1.807) is 6.92 Å². The normalized spacial score (nSPS) is 24.4. The number of hydrogen-bond donors (Lipinski definition) is 4. The van der Waals surface area contributed by atoms with Gasteiger partial charge in [0.15, 0.2) is 5.72 Å². The SMILES string of the molecule is Cc1cccc(-n2ncc(C(C)(O)NC[C@@]3(C4CC4)NC(=O)NC3=O)n2)c1. The summed E-state index contributed by atoms with van der Waals surface area (Å²) in [4.78, 5) is 25.4. The van der Waals surface area contributed by atoms with Crippen molar-refractivity contribution in [2.45, 2.75) is 38.0 Å². The summed E-state index contributed by atoms with van der Waals surface area (Å²) in [6, 6.07) is 7.19. The number of nitrogens with zero attached hydrogens (tertiary/aromatic N) is 3. The Hall–Kier alpha value is -2.78. The van der Waals surface area contributed by atoms with Gasteiger partial charge in [0.1, 0.15) is 11.2 Å². The summed E-state index contributed by atoms with van der Waals surface area (Å²) in [6.45, 7) is 3.62. The van der Waals surface area contributed by atoms with Crippen LogP contribution in [0.1, 0.15) is 31.0 Å². The molecule has 3 amide bonds. The van der Waals surface area contributed by atoms with Gasteiger partial charge in [0.05, 0.1) is 11.9 Å². The van der Waals surface area contributed by atoms with Crippen LogP contribution in [0.5, 0.6) is 0 Å². The Balaban J connectivity index is 1.52. The highest BCUT2D eigenvalue weighted by atomic mass is 16.3. The van der Waals surface area contributed by atoms with Gasteiger partial charge in [-0.2, -0.15) is 9.90 Å². The predicted octanol–water partition coefficient (Wildman–Crippen LogP) is 0.319. The quantitative estimate of drug-likeness (QED) is 0.429. The van der Waals surface area contributed by atoms with Crippen molar-refractivity contribution in [1.29, 1.82) is 0 Å². The maximum absolute atomic E-state index is 12.3. The summed E-state index contributed by atoms with van der Waals surface area (Å²) < 4.78 is 0. The first-order valence-electron chi connectivity index (χ1n) is 8.91. The molecule has 4 rings (SSSR count). The lowest BCUT2D eigenvalue weighted by Crippen LogP contribution is -2.59. The molecular weight excluding hydrogens is 348 g/mol. The summed E-state index contributed by atoms with van der Waals surface area (Å²) in [5.41, 5.74) is -0.371. The summed E-state index contributed by atoms with van der Waals surface area (Å²) >= 11 is 0. The largest absolute Gasteiger partial charge is 0.370 e. The van der Waals surface area contributed by atoms with Crippen LogP contribution >= 0.6 is 0 Å². The van der Waals surface area contributed by atoms with E-state index in [4.69, 9.17) is 0 Å². The Morgan fingerprint density at radius 2 is 2.19 bits per heavy atom. The lowest BCUT2D eigenvalue weighted by atomic mass is 9.92. The maximum Gasteiger partial charge on any atom is 0.322 e. The molecule has 2 aliphatic rings. The fourth-order valence-corrected chi connectivity index (χ4v) is 3.40. The van der Waals surface area contributed by atoms with Gasteiger partial charge in [-0.3, -0.25) is 15.4 Å². The predicted molar refractivity (Wildman–Crippen MR) is 95.8 cm³/mol. The third-order valence-corrected chi connectivity index (χ3v) is 5.18. The summed E-state index contributed by atoms with van der Waals surface area (Å²) in [7, 11) is 0. The van der Waals surface area contributed by atoms with Gasteiger partial charge in [0.25, 0.3) is 5.91 Å². The Bertz CT molecular complexity index is 904. The van der Waals surface area contributed by atoms with E-state index < -0.39 is 17.3 Å². The van der Waals surface area contributed by atoms with Crippen molar-refractivity contribution in [2.24, 2.45) is 5.92 Å². The molecule has 27 heavy (non-hydrogen) atoms. The average molecular weight is 370 g/mol. The fourth-order valence-electron chi connectivity index (χ4n) is 3.40. The molecule has 1 aliphatic heterocycles. The van der Waals surface area contributed by atoms with E-state index in [1.165, 1.54) is 11.0 Å². The number of amides is 3. The Morgan fingerprint density at radius 3 is 2.81 bits per heavy atom. The molecule has 1 unspecified atom stereocenters. The second kappa shape index (κ2) is 6.14. The summed E-state index contributed by atoms with van der Waals surface area (Å²) in [5.74, 6) is -0.294.